The van der Waals surface area contributed by atoms with Crippen LogP contribution in [-0.4, -0.2) is 73.1 Å². The Labute approximate surface area is 156 Å². The van der Waals surface area contributed by atoms with Crippen molar-refractivity contribution in [3.8, 4) is 0 Å². The van der Waals surface area contributed by atoms with Crippen LogP contribution >= 0.6 is 0 Å². The summed E-state index contributed by atoms with van der Waals surface area (Å²) in [5, 5.41) is 0. The molecular formula is C5H11B3F12K-3. The molecule has 1 rings (SSSR count). The Morgan fingerprint density at radius 1 is 0.524 bits per heavy atom. The summed E-state index contributed by atoms with van der Waals surface area (Å²) in [5.41, 5.74) is 0.750. The van der Waals surface area contributed by atoms with Gasteiger partial charge in [-0.25, -0.2) is 0 Å². The van der Waals surface area contributed by atoms with Crippen molar-refractivity contribution in [2.75, 3.05) is 0 Å². The van der Waals surface area contributed by atoms with Gasteiger partial charge in [-0.05, 0) is 18.3 Å². The molecule has 0 aromatic carbocycles. The van der Waals surface area contributed by atoms with Crippen molar-refractivity contribution >= 4 is 73.1 Å². The molecule has 21 heavy (non-hydrogen) atoms. The molecule has 0 aromatic heterocycles. The van der Waals surface area contributed by atoms with Gasteiger partial charge >= 0.3 is 73.1 Å². The number of rotatable bonds is 0. The van der Waals surface area contributed by atoms with Gasteiger partial charge in [-0.3, -0.25) is 0 Å². The van der Waals surface area contributed by atoms with E-state index in [1.165, 1.54) is 12.8 Å². The van der Waals surface area contributed by atoms with Crippen molar-refractivity contribution in [1.82, 2.24) is 0 Å². The first-order valence-electron chi connectivity index (χ1n) is 4.83. The van der Waals surface area contributed by atoms with Gasteiger partial charge in [-0.1, -0.05) is 13.8 Å². The molecule has 16 heteroatoms. The van der Waals surface area contributed by atoms with Gasteiger partial charge in [0.25, 0.3) is 0 Å². The molecule has 1 aliphatic carbocycles. The van der Waals surface area contributed by atoms with E-state index in [0.29, 0.717) is 0 Å². The summed E-state index contributed by atoms with van der Waals surface area (Å²) in [5.74, 6) is 0. The Balaban J connectivity index is -0.0000000903. The normalized spacial score (nSPS) is 15.7. The van der Waals surface area contributed by atoms with Crippen LogP contribution in [0, 0.1) is 5.41 Å². The Kier molecular flexibility index (Phi) is 16.4. The third-order valence-corrected chi connectivity index (χ3v) is 1.25. The molecule has 128 valence electrons. The van der Waals surface area contributed by atoms with Crippen molar-refractivity contribution in [2.45, 2.75) is 26.7 Å². The van der Waals surface area contributed by atoms with E-state index < -0.39 is 21.8 Å². The second-order valence-corrected chi connectivity index (χ2v) is 4.15. The molecule has 0 bridgehead atoms. The van der Waals surface area contributed by atoms with E-state index in [2.05, 4.69) is 13.8 Å². The number of hydrogen-bond donors (Lipinski definition) is 0. The van der Waals surface area contributed by atoms with Crippen LogP contribution in [0.2, 0.25) is 0 Å². The maximum absolute atomic E-state index is 9.75. The molecule has 0 N–H and O–H groups in total. The number of hydrogen-bond acceptors (Lipinski definition) is 0. The van der Waals surface area contributed by atoms with Gasteiger partial charge in [0.2, 0.25) is 0 Å². The first kappa shape index (κ1) is 29.9. The summed E-state index contributed by atoms with van der Waals surface area (Å²) in [4.78, 5) is 0. The van der Waals surface area contributed by atoms with E-state index >= 15 is 0 Å². The van der Waals surface area contributed by atoms with E-state index in [4.69, 9.17) is 0 Å². The van der Waals surface area contributed by atoms with Gasteiger partial charge in [-0.2, -0.15) is 0 Å². The van der Waals surface area contributed by atoms with Gasteiger partial charge in [0.05, 0.1) is 0 Å². The third kappa shape index (κ3) is 211. The topological polar surface area (TPSA) is 0 Å². The van der Waals surface area contributed by atoms with Gasteiger partial charge in [0.1, 0.15) is 0 Å². The van der Waals surface area contributed by atoms with E-state index in [9.17, 15) is 51.8 Å². The van der Waals surface area contributed by atoms with E-state index in [-0.39, 0.29) is 51.4 Å². The van der Waals surface area contributed by atoms with Crippen LogP contribution in [0.4, 0.5) is 51.8 Å². The molecule has 1 saturated carbocycles. The van der Waals surface area contributed by atoms with Crippen molar-refractivity contribution in [1.29, 1.82) is 0 Å². The van der Waals surface area contributed by atoms with Crippen LogP contribution in [0.1, 0.15) is 26.7 Å². The molecule has 1 fully saturated rings. The van der Waals surface area contributed by atoms with Gasteiger partial charge in [-0.15, -0.1) is 0 Å². The zero-order valence-corrected chi connectivity index (χ0v) is 10.2. The summed E-state index contributed by atoms with van der Waals surface area (Å²) < 4.78 is 117. The molecule has 0 aliphatic heterocycles. The standard InChI is InChI=1S/C5H10.3BF4.K.H/c1-5(2)3-4-5;3*2-1(3,4)5;;/h3-4H2,1-2H3;;;;;/q;3*-1;;. The van der Waals surface area contributed by atoms with Crippen LogP contribution in [0.15, 0.2) is 0 Å². The molecule has 0 nitrogen and oxygen atoms in total. The van der Waals surface area contributed by atoms with E-state index in [1.54, 1.807) is 0 Å². The zero-order chi connectivity index (χ0) is 17.4. The van der Waals surface area contributed by atoms with Crippen LogP contribution in [-0.2, 0) is 0 Å². The first-order valence-corrected chi connectivity index (χ1v) is 4.83. The second kappa shape index (κ2) is 11.5. The Morgan fingerprint density at radius 3 is 0.571 bits per heavy atom. The maximum atomic E-state index is 9.75. The molecule has 1 aliphatic rings. The summed E-state index contributed by atoms with van der Waals surface area (Å²) in [6.45, 7) is 4.60. The Bertz CT molecular complexity index is 187. The second-order valence-electron chi connectivity index (χ2n) is 4.15. The molecule has 0 aromatic rings. The van der Waals surface area contributed by atoms with Crippen molar-refractivity contribution in [2.24, 2.45) is 5.41 Å². The molecule has 0 unspecified atom stereocenters. The quantitative estimate of drug-likeness (QED) is 0.413. The molecule has 0 atom stereocenters. The summed E-state index contributed by atoms with van der Waals surface area (Å²) in [6.07, 6.45) is 2.90. The fourth-order valence-electron chi connectivity index (χ4n) is 0.250. The van der Waals surface area contributed by atoms with Gasteiger partial charge < -0.3 is 51.8 Å². The molecule has 0 radical (unpaired) electrons. The summed E-state index contributed by atoms with van der Waals surface area (Å²) in [6, 6.07) is 0. The Hall–Kier alpha value is 0.991. The average Bonchev–Trinajstić information content (AvgIpc) is 2.52. The van der Waals surface area contributed by atoms with E-state index in [0.717, 1.165) is 5.41 Å². The Morgan fingerprint density at radius 2 is 0.571 bits per heavy atom. The monoisotopic (exact) mass is 371 g/mol. The molecule has 0 saturated heterocycles. The average molecular weight is 371 g/mol. The summed E-state index contributed by atoms with van der Waals surface area (Å²) in [7, 11) is -18.0. The minimum absolute atomic E-state index is 0. The van der Waals surface area contributed by atoms with Gasteiger partial charge in [0, 0.05) is 0 Å². The number of halogens is 12. The van der Waals surface area contributed by atoms with Crippen LogP contribution < -0.4 is 0 Å². The molecule has 0 amide bonds. The van der Waals surface area contributed by atoms with Crippen LogP contribution in [0.5, 0.6) is 0 Å². The molecular weight excluding hydrogens is 360 g/mol. The van der Waals surface area contributed by atoms with Crippen molar-refractivity contribution in [3.63, 3.8) is 0 Å². The molecule has 0 spiro atoms. The fourth-order valence-corrected chi connectivity index (χ4v) is 0.250. The SMILES string of the molecule is CC1(C)CC1.F[B-](F)(F)F.F[B-](F)(F)F.F[B-](F)(F)F.[KH]. The summed E-state index contributed by atoms with van der Waals surface area (Å²) >= 11 is 0. The van der Waals surface area contributed by atoms with Gasteiger partial charge in [0.15, 0.2) is 0 Å². The third-order valence-electron chi connectivity index (χ3n) is 1.25. The van der Waals surface area contributed by atoms with Crippen LogP contribution in [0.25, 0.3) is 0 Å². The predicted octanol–water partition coefficient (Wildman–Crippen LogP) is 5.06. The molecule has 0 heterocycles. The zero-order valence-electron chi connectivity index (χ0n) is 10.2. The first-order chi connectivity index (χ1) is 8.21. The van der Waals surface area contributed by atoms with Crippen LogP contribution in [0.3, 0.4) is 0 Å². The van der Waals surface area contributed by atoms with Crippen molar-refractivity contribution < 1.29 is 51.8 Å². The fraction of sp³-hybridized carbons (Fsp3) is 1.00. The minimum atomic E-state index is -6.00. The predicted molar refractivity (Wildman–Crippen MR) is 60.7 cm³/mol. The van der Waals surface area contributed by atoms with E-state index in [1.807, 2.05) is 0 Å². The van der Waals surface area contributed by atoms with Crippen molar-refractivity contribution in [3.05, 3.63) is 0 Å².